The Labute approximate surface area is 226 Å². The molecular formula is C28H45N3O7. The Balaban J connectivity index is 3.39. The summed E-state index contributed by atoms with van der Waals surface area (Å²) < 4.78 is 10.3. The maximum absolute atomic E-state index is 14.0. The molecule has 1 aromatic rings. The van der Waals surface area contributed by atoms with Crippen molar-refractivity contribution in [3.05, 3.63) is 29.8 Å². The number of benzene rings is 1. The third-order valence-corrected chi connectivity index (χ3v) is 5.57. The van der Waals surface area contributed by atoms with E-state index < -0.39 is 41.6 Å². The van der Waals surface area contributed by atoms with Gasteiger partial charge >= 0.3 is 12.1 Å². The lowest BCUT2D eigenvalue weighted by atomic mass is 9.98. The standard InChI is InChI=1S/C28H45N3O7/c1-8-10-11-17-31(26(35)23(19(3)4)30-27(36)38-28(5,6)7)24(20-13-12-14-21(32)18-20)25(34)29-16-15-22(33)37-9-2/h12-14,18-19,23-24,32H,8-11,15-17H2,1-7H3,(H,29,34)(H,30,36). The van der Waals surface area contributed by atoms with Crippen LogP contribution >= 0.6 is 0 Å². The number of unbranched alkanes of at least 4 members (excludes halogenated alkanes) is 2. The maximum Gasteiger partial charge on any atom is 0.408 e. The largest absolute Gasteiger partial charge is 0.508 e. The quantitative estimate of drug-likeness (QED) is 0.241. The Hall–Kier alpha value is -3.30. The second kappa shape index (κ2) is 15.8. The van der Waals surface area contributed by atoms with E-state index in [1.54, 1.807) is 53.7 Å². The molecule has 38 heavy (non-hydrogen) atoms. The molecule has 0 aliphatic rings. The van der Waals surface area contributed by atoms with E-state index in [-0.39, 0.29) is 37.8 Å². The van der Waals surface area contributed by atoms with Gasteiger partial charge in [-0.05, 0) is 57.7 Å². The number of carbonyl (C=O) groups excluding carboxylic acids is 4. The van der Waals surface area contributed by atoms with Gasteiger partial charge in [-0.3, -0.25) is 14.4 Å². The van der Waals surface area contributed by atoms with Gasteiger partial charge in [0.1, 0.15) is 23.4 Å². The van der Waals surface area contributed by atoms with Crippen LogP contribution in [-0.4, -0.2) is 65.2 Å². The van der Waals surface area contributed by atoms with Gasteiger partial charge in [0.15, 0.2) is 0 Å². The summed E-state index contributed by atoms with van der Waals surface area (Å²) >= 11 is 0. The molecule has 3 amide bonds. The summed E-state index contributed by atoms with van der Waals surface area (Å²) in [7, 11) is 0. The minimum absolute atomic E-state index is 0.0216. The second-order valence-corrected chi connectivity index (χ2v) is 10.5. The number of nitrogens with one attached hydrogen (secondary N) is 2. The molecule has 0 aliphatic carbocycles. The number of amides is 3. The molecule has 0 saturated heterocycles. The molecule has 2 unspecified atom stereocenters. The number of phenolic OH excluding ortho intramolecular Hbond substituents is 1. The van der Waals surface area contributed by atoms with Crippen LogP contribution in [0.2, 0.25) is 0 Å². The number of rotatable bonds is 14. The number of carbonyl (C=O) groups is 4. The minimum Gasteiger partial charge on any atom is -0.508 e. The van der Waals surface area contributed by atoms with Crippen LogP contribution in [0.4, 0.5) is 4.79 Å². The first kappa shape index (κ1) is 32.7. The molecule has 10 heteroatoms. The first-order valence-electron chi connectivity index (χ1n) is 13.3. The third kappa shape index (κ3) is 11.4. The highest BCUT2D eigenvalue weighted by atomic mass is 16.6. The predicted molar refractivity (Wildman–Crippen MR) is 144 cm³/mol. The van der Waals surface area contributed by atoms with Crippen LogP contribution in [-0.2, 0) is 23.9 Å². The average Bonchev–Trinajstić information content (AvgIpc) is 2.80. The zero-order chi connectivity index (χ0) is 28.9. The molecule has 0 heterocycles. The summed E-state index contributed by atoms with van der Waals surface area (Å²) in [6.07, 6.45) is 1.60. The summed E-state index contributed by atoms with van der Waals surface area (Å²) in [6, 6.07) is 4.09. The SMILES string of the molecule is CCCCCN(C(=O)C(NC(=O)OC(C)(C)C)C(C)C)C(C(=O)NCCC(=O)OCC)c1cccc(O)c1. The predicted octanol–water partition coefficient (Wildman–Crippen LogP) is 4.07. The van der Waals surface area contributed by atoms with Gasteiger partial charge in [0, 0.05) is 13.1 Å². The van der Waals surface area contributed by atoms with Crippen molar-refractivity contribution in [1.29, 1.82) is 0 Å². The number of esters is 1. The van der Waals surface area contributed by atoms with E-state index in [2.05, 4.69) is 10.6 Å². The number of hydrogen-bond donors (Lipinski definition) is 3. The van der Waals surface area contributed by atoms with Crippen LogP contribution in [0.25, 0.3) is 0 Å². The van der Waals surface area contributed by atoms with Gasteiger partial charge in [-0.1, -0.05) is 45.7 Å². The minimum atomic E-state index is -1.10. The van der Waals surface area contributed by atoms with Crippen molar-refractivity contribution in [1.82, 2.24) is 15.5 Å². The monoisotopic (exact) mass is 535 g/mol. The van der Waals surface area contributed by atoms with Crippen LogP contribution in [0.1, 0.15) is 85.8 Å². The summed E-state index contributed by atoms with van der Waals surface area (Å²) in [5, 5.41) is 15.5. The summed E-state index contributed by atoms with van der Waals surface area (Å²) in [6.45, 7) is 13.0. The van der Waals surface area contributed by atoms with Crippen LogP contribution in [0.3, 0.4) is 0 Å². The highest BCUT2D eigenvalue weighted by molar-refractivity contribution is 5.92. The normalized spacial score (nSPS) is 12.8. The molecule has 1 rings (SSSR count). The van der Waals surface area contributed by atoms with Gasteiger partial charge in [0.05, 0.1) is 13.0 Å². The number of nitrogens with zero attached hydrogens (tertiary/aromatic N) is 1. The number of hydrogen-bond acceptors (Lipinski definition) is 7. The molecular weight excluding hydrogens is 490 g/mol. The van der Waals surface area contributed by atoms with Gasteiger partial charge in [-0.2, -0.15) is 0 Å². The number of ether oxygens (including phenoxy) is 2. The highest BCUT2D eigenvalue weighted by Gasteiger charge is 2.37. The Morgan fingerprint density at radius 3 is 2.32 bits per heavy atom. The number of aromatic hydroxyl groups is 1. The maximum atomic E-state index is 14.0. The first-order valence-corrected chi connectivity index (χ1v) is 13.3. The highest BCUT2D eigenvalue weighted by Crippen LogP contribution is 2.27. The zero-order valence-electron chi connectivity index (χ0n) is 23.8. The third-order valence-electron chi connectivity index (χ3n) is 5.57. The Bertz CT molecular complexity index is 927. The molecule has 0 radical (unpaired) electrons. The fourth-order valence-electron chi connectivity index (χ4n) is 3.81. The van der Waals surface area contributed by atoms with Gasteiger partial charge in [0.25, 0.3) is 0 Å². The topological polar surface area (TPSA) is 134 Å². The molecule has 1 aromatic carbocycles. The van der Waals surface area contributed by atoms with Crippen LogP contribution < -0.4 is 10.6 Å². The van der Waals surface area contributed by atoms with Gasteiger partial charge in [-0.15, -0.1) is 0 Å². The molecule has 0 fully saturated rings. The molecule has 0 saturated carbocycles. The zero-order valence-corrected chi connectivity index (χ0v) is 23.8. The van der Waals surface area contributed by atoms with Crippen molar-refractivity contribution in [2.24, 2.45) is 5.92 Å². The van der Waals surface area contributed by atoms with Crippen molar-refractivity contribution in [3.63, 3.8) is 0 Å². The molecule has 3 N–H and O–H groups in total. The summed E-state index contributed by atoms with van der Waals surface area (Å²) in [5.41, 5.74) is -0.346. The van der Waals surface area contributed by atoms with Crippen LogP contribution in [0.15, 0.2) is 24.3 Å². The fourth-order valence-corrected chi connectivity index (χ4v) is 3.81. The van der Waals surface area contributed by atoms with E-state index >= 15 is 0 Å². The fraction of sp³-hybridized carbons (Fsp3) is 0.643. The van der Waals surface area contributed by atoms with E-state index in [0.29, 0.717) is 12.0 Å². The lowest BCUT2D eigenvalue weighted by Gasteiger charge is -2.35. The van der Waals surface area contributed by atoms with Crippen molar-refractivity contribution in [3.8, 4) is 5.75 Å². The van der Waals surface area contributed by atoms with E-state index in [1.807, 2.05) is 6.92 Å². The van der Waals surface area contributed by atoms with E-state index in [4.69, 9.17) is 9.47 Å². The second-order valence-electron chi connectivity index (χ2n) is 10.5. The molecule has 10 nitrogen and oxygen atoms in total. The van der Waals surface area contributed by atoms with Gasteiger partial charge < -0.3 is 30.1 Å². The Morgan fingerprint density at radius 2 is 1.76 bits per heavy atom. The van der Waals surface area contributed by atoms with Crippen molar-refractivity contribution < 1.29 is 33.8 Å². The number of phenols is 1. The first-order chi connectivity index (χ1) is 17.8. The molecule has 214 valence electrons. The van der Waals surface area contributed by atoms with E-state index in [0.717, 1.165) is 12.8 Å². The van der Waals surface area contributed by atoms with Gasteiger partial charge in [-0.25, -0.2) is 4.79 Å². The molecule has 0 aromatic heterocycles. The van der Waals surface area contributed by atoms with E-state index in [1.165, 1.54) is 17.0 Å². The van der Waals surface area contributed by atoms with Crippen molar-refractivity contribution in [2.75, 3.05) is 19.7 Å². The van der Waals surface area contributed by atoms with Gasteiger partial charge in [0.2, 0.25) is 11.8 Å². The summed E-state index contributed by atoms with van der Waals surface area (Å²) in [4.78, 5) is 53.3. The van der Waals surface area contributed by atoms with Crippen LogP contribution in [0.5, 0.6) is 5.75 Å². The van der Waals surface area contributed by atoms with Crippen molar-refractivity contribution >= 4 is 23.9 Å². The Morgan fingerprint density at radius 1 is 1.08 bits per heavy atom. The molecule has 0 aliphatic heterocycles. The summed E-state index contributed by atoms with van der Waals surface area (Å²) in [5.74, 6) is -1.76. The van der Waals surface area contributed by atoms with E-state index in [9.17, 15) is 24.3 Å². The molecule has 0 spiro atoms. The van der Waals surface area contributed by atoms with Crippen molar-refractivity contribution in [2.45, 2.75) is 91.8 Å². The number of alkyl carbamates (subject to hydrolysis) is 1. The smallest absolute Gasteiger partial charge is 0.408 e. The lowest BCUT2D eigenvalue weighted by Crippen LogP contribution is -2.55. The average molecular weight is 536 g/mol. The Kier molecular flexibility index (Phi) is 13.6. The molecule has 0 bridgehead atoms. The lowest BCUT2D eigenvalue weighted by molar-refractivity contribution is -0.144. The molecule has 2 atom stereocenters. The van der Waals surface area contributed by atoms with Crippen LogP contribution in [0, 0.1) is 5.92 Å².